The number of ether oxygens (including phenoxy) is 1. The molecule has 3 aromatic rings. The normalized spacial score (nSPS) is 17.9. The molecule has 0 unspecified atom stereocenters. The van der Waals surface area contributed by atoms with Crippen LogP contribution in [0.4, 0.5) is 9.18 Å². The third kappa shape index (κ3) is 5.22. The summed E-state index contributed by atoms with van der Waals surface area (Å²) < 4.78 is 19.0. The first-order valence-corrected chi connectivity index (χ1v) is 10.8. The van der Waals surface area contributed by atoms with Gasteiger partial charge in [-0.05, 0) is 68.2 Å². The number of hydrogen-bond donors (Lipinski definition) is 1. The minimum atomic E-state index is -0.547. The number of amides is 1. The number of nitrogens with zero attached hydrogens (tertiary/aromatic N) is 1. The molecule has 2 aromatic carbocycles. The van der Waals surface area contributed by atoms with Crippen LogP contribution in [0.25, 0.3) is 17.2 Å². The molecule has 1 N–H and O–H groups in total. The Morgan fingerprint density at radius 3 is 2.62 bits per heavy atom. The molecule has 0 saturated heterocycles. The van der Waals surface area contributed by atoms with Gasteiger partial charge in [-0.15, -0.1) is 0 Å². The molecule has 0 saturated carbocycles. The quantitative estimate of drug-likeness (QED) is 0.541. The first-order chi connectivity index (χ1) is 15.3. The zero-order valence-electron chi connectivity index (χ0n) is 18.5. The number of pyridine rings is 1. The molecule has 32 heavy (non-hydrogen) atoms. The Kier molecular flexibility index (Phi) is 6.08. The number of carbonyl (C=O) groups is 1. The topological polar surface area (TPSA) is 51.2 Å². The Morgan fingerprint density at radius 1 is 1.09 bits per heavy atom. The second-order valence-electron chi connectivity index (χ2n) is 9.02. The van der Waals surface area contributed by atoms with Crippen molar-refractivity contribution in [3.8, 4) is 11.1 Å². The van der Waals surface area contributed by atoms with E-state index in [-0.39, 0.29) is 17.8 Å². The fourth-order valence-electron chi connectivity index (χ4n) is 4.01. The molecule has 0 fully saturated rings. The number of halogens is 1. The average Bonchev–Trinajstić information content (AvgIpc) is 3.08. The third-order valence-corrected chi connectivity index (χ3v) is 5.41. The molecule has 0 aliphatic heterocycles. The van der Waals surface area contributed by atoms with Crippen molar-refractivity contribution >= 4 is 12.2 Å². The lowest BCUT2D eigenvalue weighted by Gasteiger charge is -2.24. The van der Waals surface area contributed by atoms with Crippen LogP contribution in [-0.4, -0.2) is 22.7 Å². The first kappa shape index (κ1) is 21.8. The van der Waals surface area contributed by atoms with Crippen molar-refractivity contribution in [1.82, 2.24) is 10.3 Å². The zero-order chi connectivity index (χ0) is 22.7. The minimum absolute atomic E-state index is 0.0171. The molecule has 1 heterocycles. The number of rotatable bonds is 4. The average molecular weight is 431 g/mol. The summed E-state index contributed by atoms with van der Waals surface area (Å²) >= 11 is 0. The zero-order valence-corrected chi connectivity index (χ0v) is 18.5. The summed E-state index contributed by atoms with van der Waals surface area (Å²) in [7, 11) is 0. The van der Waals surface area contributed by atoms with Crippen LogP contribution in [0.15, 0.2) is 72.9 Å². The number of aromatic nitrogens is 1. The number of nitrogens with one attached hydrogen (secondary N) is 1. The molecule has 1 aliphatic carbocycles. The van der Waals surface area contributed by atoms with Gasteiger partial charge in [-0.2, -0.15) is 0 Å². The molecule has 1 aliphatic rings. The predicted octanol–water partition coefficient (Wildman–Crippen LogP) is 6.13. The smallest absolute Gasteiger partial charge is 0.407 e. The van der Waals surface area contributed by atoms with Crippen molar-refractivity contribution in [1.29, 1.82) is 0 Å². The highest BCUT2D eigenvalue weighted by Gasteiger charge is 2.32. The van der Waals surface area contributed by atoms with Crippen molar-refractivity contribution < 1.29 is 13.9 Å². The van der Waals surface area contributed by atoms with Gasteiger partial charge in [-0.1, -0.05) is 48.5 Å². The molecular formula is C27H27FN2O2. The van der Waals surface area contributed by atoms with Crippen LogP contribution in [0.2, 0.25) is 0 Å². The maximum absolute atomic E-state index is 13.5. The van der Waals surface area contributed by atoms with Gasteiger partial charge in [0.25, 0.3) is 0 Å². The summed E-state index contributed by atoms with van der Waals surface area (Å²) in [5, 5.41) is 3.04. The van der Waals surface area contributed by atoms with Gasteiger partial charge < -0.3 is 10.1 Å². The SMILES string of the molecule is CC(C)(C)OC(=O)N[C@H]1Cc2ccccc2[C@@H]1/C=C/c1ccc(-c2cccc(F)c2)cn1. The minimum Gasteiger partial charge on any atom is -0.444 e. The Hall–Kier alpha value is -3.47. The van der Waals surface area contributed by atoms with E-state index in [4.69, 9.17) is 4.74 Å². The molecule has 1 aromatic heterocycles. The van der Waals surface area contributed by atoms with Crippen LogP contribution in [0, 0.1) is 5.82 Å². The van der Waals surface area contributed by atoms with Crippen molar-refractivity contribution in [2.45, 2.75) is 44.8 Å². The predicted molar refractivity (Wildman–Crippen MR) is 125 cm³/mol. The van der Waals surface area contributed by atoms with Gasteiger partial charge in [-0.3, -0.25) is 4.98 Å². The standard InChI is InChI=1S/C27H27FN2O2/c1-27(2,3)32-26(31)30-25-16-19-7-4-5-10-23(19)24(25)14-13-22-12-11-20(17-29-22)18-8-6-9-21(28)15-18/h4-15,17,24-25H,16H2,1-3H3,(H,30,31)/b14-13+/t24-,25-/m0/s1. The molecule has 4 rings (SSSR count). The Bertz CT molecular complexity index is 1130. The molecule has 0 spiro atoms. The van der Waals surface area contributed by atoms with E-state index in [0.717, 1.165) is 23.2 Å². The highest BCUT2D eigenvalue weighted by Crippen LogP contribution is 2.35. The molecule has 2 atom stereocenters. The first-order valence-electron chi connectivity index (χ1n) is 10.8. The molecule has 0 radical (unpaired) electrons. The maximum atomic E-state index is 13.5. The Morgan fingerprint density at radius 2 is 1.91 bits per heavy atom. The molecule has 0 bridgehead atoms. The lowest BCUT2D eigenvalue weighted by Crippen LogP contribution is -2.40. The van der Waals surface area contributed by atoms with Crippen molar-refractivity contribution in [2.75, 3.05) is 0 Å². The van der Waals surface area contributed by atoms with Crippen LogP contribution in [0.3, 0.4) is 0 Å². The van der Waals surface area contributed by atoms with Crippen LogP contribution in [0.1, 0.15) is 43.5 Å². The lowest BCUT2D eigenvalue weighted by atomic mass is 9.97. The summed E-state index contributed by atoms with van der Waals surface area (Å²) in [5.74, 6) is -0.252. The maximum Gasteiger partial charge on any atom is 0.407 e. The highest BCUT2D eigenvalue weighted by atomic mass is 19.1. The van der Waals surface area contributed by atoms with Gasteiger partial charge in [0, 0.05) is 23.7 Å². The number of carbonyl (C=O) groups excluding carboxylic acids is 1. The highest BCUT2D eigenvalue weighted by molar-refractivity contribution is 5.69. The van der Waals surface area contributed by atoms with Gasteiger partial charge >= 0.3 is 6.09 Å². The molecule has 164 valence electrons. The number of hydrogen-bond acceptors (Lipinski definition) is 3. The van der Waals surface area contributed by atoms with Gasteiger partial charge in [0.1, 0.15) is 11.4 Å². The van der Waals surface area contributed by atoms with Crippen LogP contribution < -0.4 is 5.32 Å². The van der Waals surface area contributed by atoms with Gasteiger partial charge in [-0.25, -0.2) is 9.18 Å². The Balaban J connectivity index is 1.52. The number of alkyl carbamates (subject to hydrolysis) is 1. The largest absolute Gasteiger partial charge is 0.444 e. The second-order valence-corrected chi connectivity index (χ2v) is 9.02. The van der Waals surface area contributed by atoms with E-state index >= 15 is 0 Å². The van der Waals surface area contributed by atoms with Crippen molar-refractivity contribution in [2.24, 2.45) is 0 Å². The molecule has 4 nitrogen and oxygen atoms in total. The number of benzene rings is 2. The van der Waals surface area contributed by atoms with E-state index in [9.17, 15) is 9.18 Å². The van der Waals surface area contributed by atoms with Gasteiger partial charge in [0.2, 0.25) is 0 Å². The molecule has 1 amide bonds. The Labute approximate surface area is 188 Å². The van der Waals surface area contributed by atoms with Crippen LogP contribution in [-0.2, 0) is 11.2 Å². The van der Waals surface area contributed by atoms with Crippen LogP contribution >= 0.6 is 0 Å². The molecule has 5 heteroatoms. The van der Waals surface area contributed by atoms with E-state index in [0.29, 0.717) is 0 Å². The lowest BCUT2D eigenvalue weighted by molar-refractivity contribution is 0.0503. The fraction of sp³-hybridized carbons (Fsp3) is 0.259. The monoisotopic (exact) mass is 430 g/mol. The van der Waals surface area contributed by atoms with E-state index in [1.54, 1.807) is 12.3 Å². The van der Waals surface area contributed by atoms with E-state index in [1.165, 1.54) is 23.3 Å². The third-order valence-electron chi connectivity index (χ3n) is 5.41. The summed E-state index contributed by atoms with van der Waals surface area (Å²) in [4.78, 5) is 16.9. The van der Waals surface area contributed by atoms with Gasteiger partial charge in [0.15, 0.2) is 0 Å². The summed E-state index contributed by atoms with van der Waals surface area (Å²) in [5.41, 5.74) is 4.31. The van der Waals surface area contributed by atoms with Crippen LogP contribution in [0.5, 0.6) is 0 Å². The van der Waals surface area contributed by atoms with Crippen molar-refractivity contribution in [3.63, 3.8) is 0 Å². The summed E-state index contributed by atoms with van der Waals surface area (Å²) in [6, 6.07) is 18.4. The van der Waals surface area contributed by atoms with E-state index in [1.807, 2.05) is 57.2 Å². The molecular weight excluding hydrogens is 403 g/mol. The van der Waals surface area contributed by atoms with E-state index in [2.05, 4.69) is 28.5 Å². The van der Waals surface area contributed by atoms with Crippen molar-refractivity contribution in [3.05, 3.63) is 95.6 Å². The fourth-order valence-corrected chi connectivity index (χ4v) is 4.01. The summed E-state index contributed by atoms with van der Waals surface area (Å²) in [6.45, 7) is 5.56. The number of fused-ring (bicyclic) bond motifs is 1. The van der Waals surface area contributed by atoms with E-state index < -0.39 is 11.7 Å². The summed E-state index contributed by atoms with van der Waals surface area (Å²) in [6.07, 6.45) is 6.12. The van der Waals surface area contributed by atoms with Gasteiger partial charge in [0.05, 0.1) is 5.69 Å². The second kappa shape index (κ2) is 8.95.